The van der Waals surface area contributed by atoms with Crippen molar-refractivity contribution in [3.05, 3.63) is 71.3 Å². The van der Waals surface area contributed by atoms with Gasteiger partial charge in [-0.2, -0.15) is 0 Å². The summed E-state index contributed by atoms with van der Waals surface area (Å²) in [5.41, 5.74) is 2.05. The molecule has 0 radical (unpaired) electrons. The number of hydrogen-bond acceptors (Lipinski definition) is 4. The van der Waals surface area contributed by atoms with Crippen LogP contribution in [-0.2, 0) is 16.1 Å². The lowest BCUT2D eigenvalue weighted by Crippen LogP contribution is -2.20. The molecule has 0 fully saturated rings. The Morgan fingerprint density at radius 2 is 1.83 bits per heavy atom. The van der Waals surface area contributed by atoms with E-state index in [0.717, 1.165) is 11.1 Å². The Labute approximate surface area is 140 Å². The van der Waals surface area contributed by atoms with Gasteiger partial charge in [-0.05, 0) is 29.3 Å². The van der Waals surface area contributed by atoms with Crippen molar-refractivity contribution in [3.63, 3.8) is 0 Å². The topological polar surface area (TPSA) is 64.6 Å². The summed E-state index contributed by atoms with van der Waals surface area (Å²) in [6, 6.07) is 14.7. The lowest BCUT2D eigenvalue weighted by molar-refractivity contribution is -0.116. The van der Waals surface area contributed by atoms with E-state index < -0.39 is 5.97 Å². The second kappa shape index (κ2) is 8.53. The van der Waals surface area contributed by atoms with Gasteiger partial charge in [-0.1, -0.05) is 36.4 Å². The van der Waals surface area contributed by atoms with E-state index in [2.05, 4.69) is 5.32 Å². The van der Waals surface area contributed by atoms with Crippen LogP contribution in [-0.4, -0.2) is 26.1 Å². The molecule has 0 aromatic heterocycles. The normalized spacial score (nSPS) is 10.4. The molecule has 2 aromatic carbocycles. The van der Waals surface area contributed by atoms with Crippen LogP contribution < -0.4 is 10.1 Å². The zero-order valence-electron chi connectivity index (χ0n) is 13.6. The van der Waals surface area contributed by atoms with Crippen LogP contribution in [0.25, 0.3) is 6.08 Å². The van der Waals surface area contributed by atoms with E-state index in [9.17, 15) is 9.59 Å². The number of hydrogen-bond donors (Lipinski definition) is 1. The van der Waals surface area contributed by atoms with Crippen molar-refractivity contribution >= 4 is 18.0 Å². The first-order chi connectivity index (χ1) is 11.6. The van der Waals surface area contributed by atoms with E-state index in [0.29, 0.717) is 17.9 Å². The number of esters is 1. The highest BCUT2D eigenvalue weighted by Gasteiger charge is 2.13. The fraction of sp³-hybridized carbons (Fsp3) is 0.158. The van der Waals surface area contributed by atoms with Crippen LogP contribution in [0.2, 0.25) is 0 Å². The van der Waals surface area contributed by atoms with Gasteiger partial charge in [0.2, 0.25) is 5.91 Å². The third kappa shape index (κ3) is 4.71. The number of methoxy groups -OCH3 is 2. The number of ether oxygens (including phenoxy) is 2. The van der Waals surface area contributed by atoms with Gasteiger partial charge >= 0.3 is 5.97 Å². The standard InChI is InChI=1S/C19H19NO4/c1-23-17-10-8-15(12-16(17)19(22)24-2)13-20-18(21)11-9-14-6-4-3-5-7-14/h3-12H,13H2,1-2H3,(H,20,21)/b11-9+. The molecule has 5 heteroatoms. The Kier molecular flexibility index (Phi) is 6.14. The summed E-state index contributed by atoms with van der Waals surface area (Å²) in [7, 11) is 2.79. The zero-order chi connectivity index (χ0) is 17.4. The number of carbonyl (C=O) groups is 2. The zero-order valence-corrected chi connectivity index (χ0v) is 13.6. The Balaban J connectivity index is 2.00. The Bertz CT molecular complexity index is 738. The van der Waals surface area contributed by atoms with E-state index >= 15 is 0 Å². The molecule has 24 heavy (non-hydrogen) atoms. The maximum atomic E-state index is 11.9. The smallest absolute Gasteiger partial charge is 0.341 e. The molecule has 0 atom stereocenters. The van der Waals surface area contributed by atoms with E-state index in [1.807, 2.05) is 30.3 Å². The molecule has 0 bridgehead atoms. The average molecular weight is 325 g/mol. The summed E-state index contributed by atoms with van der Waals surface area (Å²) in [5, 5.41) is 2.77. The molecule has 0 aliphatic carbocycles. The van der Waals surface area contributed by atoms with Gasteiger partial charge in [0.25, 0.3) is 0 Å². The van der Waals surface area contributed by atoms with Crippen LogP contribution in [0.3, 0.4) is 0 Å². The van der Waals surface area contributed by atoms with Crippen LogP contribution >= 0.6 is 0 Å². The fourth-order valence-electron chi connectivity index (χ4n) is 2.12. The van der Waals surface area contributed by atoms with Crippen LogP contribution in [0, 0.1) is 0 Å². The predicted molar refractivity (Wildman–Crippen MR) is 91.7 cm³/mol. The number of rotatable bonds is 6. The van der Waals surface area contributed by atoms with E-state index in [1.54, 1.807) is 24.3 Å². The molecule has 0 saturated carbocycles. The minimum Gasteiger partial charge on any atom is -0.496 e. The number of amides is 1. The van der Waals surface area contributed by atoms with Crippen LogP contribution in [0.15, 0.2) is 54.6 Å². The highest BCUT2D eigenvalue weighted by Crippen LogP contribution is 2.20. The summed E-state index contributed by atoms with van der Waals surface area (Å²) in [4.78, 5) is 23.6. The first kappa shape index (κ1) is 17.3. The fourth-order valence-corrected chi connectivity index (χ4v) is 2.12. The maximum Gasteiger partial charge on any atom is 0.341 e. The molecule has 0 aliphatic heterocycles. The Hall–Kier alpha value is -3.08. The monoisotopic (exact) mass is 325 g/mol. The Morgan fingerprint density at radius 1 is 1.08 bits per heavy atom. The highest BCUT2D eigenvalue weighted by atomic mass is 16.5. The van der Waals surface area contributed by atoms with Gasteiger partial charge in [-0.3, -0.25) is 4.79 Å². The molecule has 0 saturated heterocycles. The van der Waals surface area contributed by atoms with Gasteiger partial charge in [-0.15, -0.1) is 0 Å². The quantitative estimate of drug-likeness (QED) is 0.655. The third-order valence-corrected chi connectivity index (χ3v) is 3.36. The van der Waals surface area contributed by atoms with Gasteiger partial charge in [0.1, 0.15) is 11.3 Å². The van der Waals surface area contributed by atoms with E-state index in [4.69, 9.17) is 9.47 Å². The predicted octanol–water partition coefficient (Wildman–Crippen LogP) is 2.81. The van der Waals surface area contributed by atoms with Crippen molar-refractivity contribution in [1.82, 2.24) is 5.32 Å². The minimum absolute atomic E-state index is 0.214. The second-order valence-corrected chi connectivity index (χ2v) is 4.99. The Morgan fingerprint density at radius 3 is 2.50 bits per heavy atom. The first-order valence-electron chi connectivity index (χ1n) is 7.40. The van der Waals surface area contributed by atoms with Gasteiger partial charge in [0, 0.05) is 12.6 Å². The van der Waals surface area contributed by atoms with Gasteiger partial charge in [-0.25, -0.2) is 4.79 Å². The van der Waals surface area contributed by atoms with E-state index in [1.165, 1.54) is 20.3 Å². The summed E-state index contributed by atoms with van der Waals surface area (Å²) in [6.07, 6.45) is 3.21. The van der Waals surface area contributed by atoms with Crippen molar-refractivity contribution in [2.75, 3.05) is 14.2 Å². The van der Waals surface area contributed by atoms with Crippen molar-refractivity contribution in [2.45, 2.75) is 6.54 Å². The summed E-state index contributed by atoms with van der Waals surface area (Å²) in [5.74, 6) is -0.265. The molecular weight excluding hydrogens is 306 g/mol. The van der Waals surface area contributed by atoms with Gasteiger partial charge in [0.05, 0.1) is 14.2 Å². The molecule has 1 N–H and O–H groups in total. The van der Waals surface area contributed by atoms with Crippen LogP contribution in [0.4, 0.5) is 0 Å². The minimum atomic E-state index is -0.482. The molecule has 124 valence electrons. The SMILES string of the molecule is COC(=O)c1cc(CNC(=O)/C=C/c2ccccc2)ccc1OC. The lowest BCUT2D eigenvalue weighted by Gasteiger charge is -2.09. The highest BCUT2D eigenvalue weighted by molar-refractivity contribution is 5.93. The molecule has 0 unspecified atom stereocenters. The lowest BCUT2D eigenvalue weighted by atomic mass is 10.1. The van der Waals surface area contributed by atoms with Crippen molar-refractivity contribution in [1.29, 1.82) is 0 Å². The van der Waals surface area contributed by atoms with Crippen LogP contribution in [0.5, 0.6) is 5.75 Å². The second-order valence-electron chi connectivity index (χ2n) is 4.99. The number of benzene rings is 2. The molecule has 2 rings (SSSR count). The molecule has 0 aliphatic rings. The van der Waals surface area contributed by atoms with Gasteiger partial charge < -0.3 is 14.8 Å². The van der Waals surface area contributed by atoms with Crippen molar-refractivity contribution in [3.8, 4) is 5.75 Å². The molecule has 2 aromatic rings. The summed E-state index contributed by atoms with van der Waals surface area (Å²) >= 11 is 0. The summed E-state index contributed by atoms with van der Waals surface area (Å²) < 4.78 is 9.87. The largest absolute Gasteiger partial charge is 0.496 e. The first-order valence-corrected chi connectivity index (χ1v) is 7.40. The molecule has 0 spiro atoms. The van der Waals surface area contributed by atoms with Gasteiger partial charge in [0.15, 0.2) is 0 Å². The maximum absolute atomic E-state index is 11.9. The average Bonchev–Trinajstić information content (AvgIpc) is 2.64. The third-order valence-electron chi connectivity index (χ3n) is 3.36. The van der Waals surface area contributed by atoms with Crippen molar-refractivity contribution in [2.24, 2.45) is 0 Å². The van der Waals surface area contributed by atoms with E-state index in [-0.39, 0.29) is 5.91 Å². The molecule has 5 nitrogen and oxygen atoms in total. The molecular formula is C19H19NO4. The number of nitrogens with one attached hydrogen (secondary N) is 1. The number of carbonyl (C=O) groups excluding carboxylic acids is 2. The molecule has 1 amide bonds. The van der Waals surface area contributed by atoms with Crippen molar-refractivity contribution < 1.29 is 19.1 Å². The molecule has 0 heterocycles. The summed E-state index contributed by atoms with van der Waals surface area (Å²) in [6.45, 7) is 0.298. The van der Waals surface area contributed by atoms with Crippen LogP contribution in [0.1, 0.15) is 21.5 Å².